The molecule has 5 rings (SSSR count). The molecule has 0 radical (unpaired) electrons. The molecule has 1 fully saturated rings. The van der Waals surface area contributed by atoms with E-state index in [0.717, 1.165) is 22.4 Å². The average Bonchev–Trinajstić information content (AvgIpc) is 3.38. The maximum atomic E-state index is 14.5. The normalized spacial score (nSPS) is 22.1. The van der Waals surface area contributed by atoms with Gasteiger partial charge in [-0.05, 0) is 55.0 Å². The molecule has 6 nitrogen and oxygen atoms in total. The Hall–Kier alpha value is -4.19. The SMILES string of the molecule is CCOC(=O)/C=C/[C@@H]1[C@@H](CCc2ccccc2)[C@@]2(Cc3ccccc3C2=O)C(=O)N1Cc1ccc(OC)cc1. The van der Waals surface area contributed by atoms with Gasteiger partial charge in [-0.2, -0.15) is 0 Å². The van der Waals surface area contributed by atoms with Crippen molar-refractivity contribution in [1.82, 2.24) is 4.90 Å². The number of Topliss-reactive ketones (excluding diaryl/α,β-unsaturated/α-hetero) is 1. The maximum absolute atomic E-state index is 14.5. The Morgan fingerprint density at radius 3 is 2.38 bits per heavy atom. The molecule has 1 heterocycles. The van der Waals surface area contributed by atoms with Crippen LogP contribution < -0.4 is 4.74 Å². The summed E-state index contributed by atoms with van der Waals surface area (Å²) in [4.78, 5) is 42.7. The van der Waals surface area contributed by atoms with E-state index in [2.05, 4.69) is 12.1 Å². The number of fused-ring (bicyclic) bond motifs is 1. The quantitative estimate of drug-likeness (QED) is 0.219. The summed E-state index contributed by atoms with van der Waals surface area (Å²) in [6, 6.07) is 24.7. The van der Waals surface area contributed by atoms with E-state index < -0.39 is 17.4 Å². The lowest BCUT2D eigenvalue weighted by molar-refractivity contribution is -0.137. The second-order valence-corrected chi connectivity index (χ2v) is 10.1. The lowest BCUT2D eigenvalue weighted by Gasteiger charge is -2.29. The summed E-state index contributed by atoms with van der Waals surface area (Å²) in [5.74, 6) is -0.361. The van der Waals surface area contributed by atoms with Crippen LogP contribution in [-0.4, -0.2) is 42.3 Å². The predicted octanol–water partition coefficient (Wildman–Crippen LogP) is 5.20. The Morgan fingerprint density at radius 2 is 1.69 bits per heavy atom. The van der Waals surface area contributed by atoms with Crippen molar-refractivity contribution in [2.24, 2.45) is 11.3 Å². The van der Waals surface area contributed by atoms with Crippen LogP contribution in [0.5, 0.6) is 5.75 Å². The van der Waals surface area contributed by atoms with Gasteiger partial charge in [0.15, 0.2) is 5.78 Å². The molecule has 200 valence electrons. The number of ether oxygens (including phenoxy) is 2. The highest BCUT2D eigenvalue weighted by molar-refractivity contribution is 6.18. The molecule has 3 atom stereocenters. The molecule has 1 aliphatic carbocycles. The van der Waals surface area contributed by atoms with Crippen molar-refractivity contribution >= 4 is 17.7 Å². The molecule has 0 bridgehead atoms. The van der Waals surface area contributed by atoms with E-state index in [1.165, 1.54) is 6.08 Å². The third kappa shape index (κ3) is 4.99. The highest BCUT2D eigenvalue weighted by Crippen LogP contribution is 2.53. The first-order valence-corrected chi connectivity index (χ1v) is 13.4. The van der Waals surface area contributed by atoms with Crippen molar-refractivity contribution in [3.05, 3.63) is 113 Å². The zero-order chi connectivity index (χ0) is 27.4. The highest BCUT2D eigenvalue weighted by atomic mass is 16.5. The van der Waals surface area contributed by atoms with Gasteiger partial charge in [0.25, 0.3) is 0 Å². The number of rotatable bonds is 9. The van der Waals surface area contributed by atoms with Crippen molar-refractivity contribution < 1.29 is 23.9 Å². The molecule has 0 saturated carbocycles. The number of carbonyl (C=O) groups is 3. The molecule has 2 aliphatic rings. The third-order valence-electron chi connectivity index (χ3n) is 8.00. The number of benzene rings is 3. The molecule has 0 aromatic heterocycles. The van der Waals surface area contributed by atoms with E-state index in [1.54, 1.807) is 25.0 Å². The lowest BCUT2D eigenvalue weighted by atomic mass is 9.69. The number of nitrogens with zero attached hydrogens (tertiary/aromatic N) is 1. The fourth-order valence-electron chi connectivity index (χ4n) is 6.14. The van der Waals surface area contributed by atoms with Crippen LogP contribution in [0.1, 0.15) is 40.4 Å². The lowest BCUT2D eigenvalue weighted by Crippen LogP contribution is -2.42. The first-order chi connectivity index (χ1) is 19.0. The molecule has 1 aliphatic heterocycles. The van der Waals surface area contributed by atoms with Gasteiger partial charge in [0.05, 0.1) is 19.8 Å². The zero-order valence-electron chi connectivity index (χ0n) is 22.3. The number of methoxy groups -OCH3 is 1. The molecule has 3 aromatic carbocycles. The van der Waals surface area contributed by atoms with Gasteiger partial charge >= 0.3 is 5.97 Å². The number of hydrogen-bond acceptors (Lipinski definition) is 5. The molecule has 0 unspecified atom stereocenters. The van der Waals surface area contributed by atoms with Crippen LogP contribution in [0.25, 0.3) is 0 Å². The van der Waals surface area contributed by atoms with Gasteiger partial charge in [0.1, 0.15) is 11.2 Å². The smallest absolute Gasteiger partial charge is 0.330 e. The molecule has 39 heavy (non-hydrogen) atoms. The van der Waals surface area contributed by atoms with Gasteiger partial charge in [0.2, 0.25) is 5.91 Å². The Morgan fingerprint density at radius 1 is 0.974 bits per heavy atom. The van der Waals surface area contributed by atoms with E-state index >= 15 is 0 Å². The van der Waals surface area contributed by atoms with E-state index in [1.807, 2.05) is 66.7 Å². The summed E-state index contributed by atoms with van der Waals surface area (Å²) < 4.78 is 10.4. The summed E-state index contributed by atoms with van der Waals surface area (Å²) >= 11 is 0. The van der Waals surface area contributed by atoms with Gasteiger partial charge in [0, 0.05) is 24.1 Å². The van der Waals surface area contributed by atoms with Crippen LogP contribution in [0.15, 0.2) is 91.0 Å². The van der Waals surface area contributed by atoms with Gasteiger partial charge < -0.3 is 14.4 Å². The second-order valence-electron chi connectivity index (χ2n) is 10.1. The van der Waals surface area contributed by atoms with Crippen LogP contribution >= 0.6 is 0 Å². The Labute approximate surface area is 229 Å². The molecule has 0 N–H and O–H groups in total. The van der Waals surface area contributed by atoms with Crippen LogP contribution in [0.4, 0.5) is 0 Å². The molecule has 1 spiro atoms. The minimum atomic E-state index is -1.21. The van der Waals surface area contributed by atoms with Crippen LogP contribution in [0.3, 0.4) is 0 Å². The number of ketones is 1. The Balaban J connectivity index is 1.57. The monoisotopic (exact) mass is 523 g/mol. The van der Waals surface area contributed by atoms with Gasteiger partial charge in [-0.15, -0.1) is 0 Å². The number of amides is 1. The Kier molecular flexibility index (Phi) is 7.64. The summed E-state index contributed by atoms with van der Waals surface area (Å²) in [5.41, 5.74) is 2.37. The number of carbonyl (C=O) groups excluding carboxylic acids is 3. The minimum absolute atomic E-state index is 0.118. The van der Waals surface area contributed by atoms with Gasteiger partial charge in [-0.3, -0.25) is 9.59 Å². The van der Waals surface area contributed by atoms with Crippen molar-refractivity contribution in [1.29, 1.82) is 0 Å². The van der Waals surface area contributed by atoms with Gasteiger partial charge in [-0.1, -0.05) is 72.8 Å². The zero-order valence-corrected chi connectivity index (χ0v) is 22.3. The standard InChI is InChI=1S/C33H33NO5/c1-3-39-30(35)20-19-29-28(18-15-23-9-5-4-6-10-23)33(21-25-11-7-8-12-27(25)31(33)36)32(37)34(29)22-24-13-16-26(38-2)17-14-24/h4-14,16-17,19-20,28-29H,3,15,18,21-22H2,1-2H3/b20-19+/t28-,29-,33-/m1/s1. The fourth-order valence-corrected chi connectivity index (χ4v) is 6.14. The van der Waals surface area contributed by atoms with Crippen molar-refractivity contribution in [3.63, 3.8) is 0 Å². The average molecular weight is 524 g/mol. The topological polar surface area (TPSA) is 72.9 Å². The number of likely N-dealkylation sites (tertiary alicyclic amines) is 1. The number of hydrogen-bond donors (Lipinski definition) is 0. The first kappa shape index (κ1) is 26.4. The van der Waals surface area contributed by atoms with E-state index in [4.69, 9.17) is 9.47 Å². The molecule has 1 saturated heterocycles. The largest absolute Gasteiger partial charge is 0.497 e. The summed E-state index contributed by atoms with van der Waals surface area (Å²) in [6.07, 6.45) is 4.86. The van der Waals surface area contributed by atoms with E-state index in [0.29, 0.717) is 31.4 Å². The molecule has 6 heteroatoms. The predicted molar refractivity (Wildman–Crippen MR) is 148 cm³/mol. The molecule has 3 aromatic rings. The number of aryl methyl sites for hydroxylation is 1. The van der Waals surface area contributed by atoms with Crippen molar-refractivity contribution in [2.75, 3.05) is 13.7 Å². The summed E-state index contributed by atoms with van der Waals surface area (Å²) in [5, 5.41) is 0. The van der Waals surface area contributed by atoms with Gasteiger partial charge in [-0.25, -0.2) is 4.79 Å². The summed E-state index contributed by atoms with van der Waals surface area (Å²) in [6.45, 7) is 2.33. The highest BCUT2D eigenvalue weighted by Gasteiger charge is 2.64. The second kappa shape index (κ2) is 11.3. The van der Waals surface area contributed by atoms with Crippen LogP contribution in [-0.2, 0) is 33.7 Å². The van der Waals surface area contributed by atoms with Crippen LogP contribution in [0, 0.1) is 11.3 Å². The van der Waals surface area contributed by atoms with Crippen molar-refractivity contribution in [2.45, 2.75) is 38.8 Å². The fraction of sp³-hybridized carbons (Fsp3) is 0.303. The Bertz CT molecular complexity index is 1380. The minimum Gasteiger partial charge on any atom is -0.497 e. The number of esters is 1. The maximum Gasteiger partial charge on any atom is 0.330 e. The third-order valence-corrected chi connectivity index (χ3v) is 8.00. The van der Waals surface area contributed by atoms with Crippen LogP contribution in [0.2, 0.25) is 0 Å². The molecular weight excluding hydrogens is 490 g/mol. The molecular formula is C33H33NO5. The summed E-state index contributed by atoms with van der Waals surface area (Å²) in [7, 11) is 1.61. The van der Waals surface area contributed by atoms with Crippen molar-refractivity contribution in [3.8, 4) is 5.75 Å². The van der Waals surface area contributed by atoms with E-state index in [9.17, 15) is 14.4 Å². The first-order valence-electron chi connectivity index (χ1n) is 13.4. The van der Waals surface area contributed by atoms with E-state index in [-0.39, 0.29) is 24.2 Å². The molecule has 1 amide bonds.